The number of benzene rings is 2. The number of ketones is 1. The number of aromatic nitrogens is 1. The van der Waals surface area contributed by atoms with Gasteiger partial charge in [-0.2, -0.15) is 0 Å². The molecule has 2 unspecified atom stereocenters. The van der Waals surface area contributed by atoms with Gasteiger partial charge in [-0.15, -0.1) is 0 Å². The minimum atomic E-state index is -1.03. The number of carbonyl (C=O) groups is 2. The standard InChI is InChI=1S/C29H34ClN3O4/c1-18(2)33-14-11-19-15-20(5-9-25(19)33)28(35)29(36)31-24(17-32-12-3-4-13-32)27(34)21-6-10-26(23(30)16-21)37-22-7-8-22/h5-6,9-11,14-16,18,22,24,27,34H,3-4,7-8,12-13,17H2,1-2H3,(H,31,36). The Morgan fingerprint density at radius 1 is 1.11 bits per heavy atom. The van der Waals surface area contributed by atoms with Crippen molar-refractivity contribution in [3.05, 3.63) is 64.8 Å². The molecule has 2 fully saturated rings. The normalized spacial score (nSPS) is 17.8. The van der Waals surface area contributed by atoms with Gasteiger partial charge in [-0.1, -0.05) is 17.7 Å². The molecule has 196 valence electrons. The molecule has 1 aliphatic heterocycles. The lowest BCUT2D eigenvalue weighted by Crippen LogP contribution is -2.48. The van der Waals surface area contributed by atoms with Gasteiger partial charge >= 0.3 is 0 Å². The first-order chi connectivity index (χ1) is 17.8. The van der Waals surface area contributed by atoms with E-state index in [1.807, 2.05) is 18.3 Å². The zero-order valence-electron chi connectivity index (χ0n) is 21.3. The molecule has 8 heteroatoms. The summed E-state index contributed by atoms with van der Waals surface area (Å²) in [5, 5.41) is 15.5. The van der Waals surface area contributed by atoms with Crippen LogP contribution in [-0.2, 0) is 4.79 Å². The minimum absolute atomic E-state index is 0.213. The average Bonchev–Trinajstić information content (AvgIpc) is 3.36. The first-order valence-corrected chi connectivity index (χ1v) is 13.5. The van der Waals surface area contributed by atoms with Gasteiger partial charge in [-0.25, -0.2) is 0 Å². The largest absolute Gasteiger partial charge is 0.489 e. The first-order valence-electron chi connectivity index (χ1n) is 13.1. The lowest BCUT2D eigenvalue weighted by atomic mass is 10.0. The number of nitrogens with zero attached hydrogens (tertiary/aromatic N) is 2. The summed E-state index contributed by atoms with van der Waals surface area (Å²) in [5.41, 5.74) is 1.91. The molecule has 1 saturated carbocycles. The number of nitrogens with one attached hydrogen (secondary N) is 1. The third-order valence-electron chi connectivity index (χ3n) is 7.21. The monoisotopic (exact) mass is 523 g/mol. The second kappa shape index (κ2) is 10.9. The maximum Gasteiger partial charge on any atom is 0.292 e. The Kier molecular flexibility index (Phi) is 7.56. The number of hydrogen-bond acceptors (Lipinski definition) is 5. The lowest BCUT2D eigenvalue weighted by molar-refractivity contribution is -0.118. The molecule has 2 aromatic carbocycles. The molecule has 3 aromatic rings. The fourth-order valence-electron chi connectivity index (χ4n) is 4.98. The number of rotatable bonds is 10. The van der Waals surface area contributed by atoms with E-state index in [1.165, 1.54) is 0 Å². The maximum absolute atomic E-state index is 13.1. The van der Waals surface area contributed by atoms with Gasteiger partial charge in [0.25, 0.3) is 5.91 Å². The Morgan fingerprint density at radius 3 is 2.54 bits per heavy atom. The van der Waals surface area contributed by atoms with E-state index in [-0.39, 0.29) is 12.1 Å². The van der Waals surface area contributed by atoms with Crippen LogP contribution in [0.1, 0.15) is 67.6 Å². The van der Waals surface area contributed by atoms with Crippen LogP contribution in [0.3, 0.4) is 0 Å². The summed E-state index contributed by atoms with van der Waals surface area (Å²) in [6.07, 6.45) is 5.36. The number of carbonyl (C=O) groups excluding carboxylic acids is 2. The fraction of sp³-hybridized carbons (Fsp3) is 0.448. The van der Waals surface area contributed by atoms with Gasteiger partial charge in [0.05, 0.1) is 17.2 Å². The van der Waals surface area contributed by atoms with Crippen LogP contribution >= 0.6 is 11.6 Å². The minimum Gasteiger partial charge on any atom is -0.489 e. The summed E-state index contributed by atoms with van der Waals surface area (Å²) < 4.78 is 7.93. The molecule has 2 aliphatic rings. The average molecular weight is 524 g/mol. The predicted molar refractivity (Wildman–Crippen MR) is 144 cm³/mol. The van der Waals surface area contributed by atoms with Crippen LogP contribution in [0.2, 0.25) is 5.02 Å². The summed E-state index contributed by atoms with van der Waals surface area (Å²) in [4.78, 5) is 28.4. The van der Waals surface area contributed by atoms with Crippen molar-refractivity contribution < 1.29 is 19.4 Å². The van der Waals surface area contributed by atoms with Gasteiger partial charge in [0.1, 0.15) is 11.9 Å². The van der Waals surface area contributed by atoms with Gasteiger partial charge < -0.3 is 24.6 Å². The molecule has 2 N–H and O–H groups in total. The van der Waals surface area contributed by atoms with E-state index < -0.39 is 23.8 Å². The summed E-state index contributed by atoms with van der Waals surface area (Å²) in [6, 6.07) is 12.1. The van der Waals surface area contributed by atoms with Crippen molar-refractivity contribution in [2.24, 2.45) is 0 Å². The first kappa shape index (κ1) is 25.8. The number of halogens is 1. The highest BCUT2D eigenvalue weighted by atomic mass is 35.5. The summed E-state index contributed by atoms with van der Waals surface area (Å²) in [6.45, 7) is 6.42. The topological polar surface area (TPSA) is 83.8 Å². The quantitative estimate of drug-likeness (QED) is 0.291. The van der Waals surface area contributed by atoms with Crippen molar-refractivity contribution in [1.29, 1.82) is 0 Å². The van der Waals surface area contributed by atoms with Crippen molar-refractivity contribution in [2.45, 2.75) is 63.8 Å². The van der Waals surface area contributed by atoms with E-state index in [1.54, 1.807) is 30.3 Å². The summed E-state index contributed by atoms with van der Waals surface area (Å²) in [5.74, 6) is -0.758. The van der Waals surface area contributed by atoms with Crippen LogP contribution in [0.25, 0.3) is 10.9 Å². The maximum atomic E-state index is 13.1. The lowest BCUT2D eigenvalue weighted by Gasteiger charge is -2.28. The van der Waals surface area contributed by atoms with Crippen LogP contribution in [-0.4, -0.2) is 58.0 Å². The Bertz CT molecular complexity index is 1290. The fourth-order valence-corrected chi connectivity index (χ4v) is 5.22. The molecule has 1 amide bonds. The van der Waals surface area contributed by atoms with Crippen LogP contribution in [0.15, 0.2) is 48.7 Å². The van der Waals surface area contributed by atoms with Gasteiger partial charge in [-0.05, 0) is 94.6 Å². The van der Waals surface area contributed by atoms with E-state index in [0.29, 0.717) is 28.4 Å². The van der Waals surface area contributed by atoms with Gasteiger partial charge in [0.2, 0.25) is 5.78 Å². The third-order valence-corrected chi connectivity index (χ3v) is 7.51. The van der Waals surface area contributed by atoms with Gasteiger partial charge in [0, 0.05) is 35.2 Å². The predicted octanol–water partition coefficient (Wildman–Crippen LogP) is 4.91. The molecular weight excluding hydrogens is 490 g/mol. The number of ether oxygens (including phenoxy) is 1. The Morgan fingerprint density at radius 2 is 1.86 bits per heavy atom. The SMILES string of the molecule is CC(C)n1ccc2cc(C(=O)C(=O)NC(CN3CCCC3)C(O)c3ccc(OC4CC4)c(Cl)c3)ccc21. The number of amides is 1. The third kappa shape index (κ3) is 5.84. The molecule has 37 heavy (non-hydrogen) atoms. The second-order valence-corrected chi connectivity index (χ2v) is 10.9. The Balaban J connectivity index is 1.33. The number of likely N-dealkylation sites (tertiary alicyclic amines) is 1. The van der Waals surface area contributed by atoms with Crippen molar-refractivity contribution in [3.8, 4) is 5.75 Å². The highest BCUT2D eigenvalue weighted by Gasteiger charge is 2.30. The highest BCUT2D eigenvalue weighted by Crippen LogP contribution is 2.34. The molecule has 0 spiro atoms. The number of aliphatic hydroxyl groups is 1. The molecule has 1 aliphatic carbocycles. The van der Waals surface area contributed by atoms with Crippen molar-refractivity contribution in [1.82, 2.24) is 14.8 Å². The Labute approximate surface area is 222 Å². The Hall–Kier alpha value is -2.87. The number of fused-ring (bicyclic) bond motifs is 1. The van der Waals surface area contributed by atoms with E-state index in [2.05, 4.69) is 28.6 Å². The van der Waals surface area contributed by atoms with Crippen molar-refractivity contribution >= 4 is 34.2 Å². The van der Waals surface area contributed by atoms with Crippen molar-refractivity contribution in [3.63, 3.8) is 0 Å². The van der Waals surface area contributed by atoms with Crippen LogP contribution < -0.4 is 10.1 Å². The zero-order valence-corrected chi connectivity index (χ0v) is 22.1. The molecule has 7 nitrogen and oxygen atoms in total. The number of hydrogen-bond donors (Lipinski definition) is 2. The second-order valence-electron chi connectivity index (χ2n) is 10.5. The van der Waals surface area contributed by atoms with Crippen LogP contribution in [0, 0.1) is 0 Å². The number of aliphatic hydroxyl groups excluding tert-OH is 1. The van der Waals surface area contributed by atoms with E-state index in [0.717, 1.165) is 49.7 Å². The van der Waals surface area contributed by atoms with E-state index >= 15 is 0 Å². The van der Waals surface area contributed by atoms with Crippen LogP contribution in [0.4, 0.5) is 0 Å². The molecule has 1 aromatic heterocycles. The summed E-state index contributed by atoms with van der Waals surface area (Å²) >= 11 is 6.44. The molecular formula is C29H34ClN3O4. The molecule has 2 atom stereocenters. The summed E-state index contributed by atoms with van der Waals surface area (Å²) in [7, 11) is 0. The van der Waals surface area contributed by atoms with Crippen LogP contribution in [0.5, 0.6) is 5.75 Å². The molecule has 2 heterocycles. The van der Waals surface area contributed by atoms with Crippen molar-refractivity contribution in [2.75, 3.05) is 19.6 Å². The highest BCUT2D eigenvalue weighted by molar-refractivity contribution is 6.43. The van der Waals surface area contributed by atoms with E-state index in [9.17, 15) is 14.7 Å². The molecule has 5 rings (SSSR count). The zero-order chi connectivity index (χ0) is 26.1. The molecule has 1 saturated heterocycles. The molecule has 0 radical (unpaired) electrons. The van der Waals surface area contributed by atoms with Gasteiger partial charge in [0.15, 0.2) is 0 Å². The smallest absolute Gasteiger partial charge is 0.292 e. The van der Waals surface area contributed by atoms with Gasteiger partial charge in [-0.3, -0.25) is 9.59 Å². The number of Topliss-reactive ketones (excluding diaryl/α,β-unsaturated/α-hetero) is 1. The van der Waals surface area contributed by atoms with E-state index in [4.69, 9.17) is 16.3 Å². The molecule has 0 bridgehead atoms.